The van der Waals surface area contributed by atoms with Gasteiger partial charge in [-0.2, -0.15) is 8.80 Å². The Hall–Kier alpha value is -0.360. The zero-order valence-electron chi connectivity index (χ0n) is 13.5. The van der Waals surface area contributed by atoms with Gasteiger partial charge in [0.15, 0.2) is 0 Å². The van der Waals surface area contributed by atoms with E-state index >= 15 is 0 Å². The standard InChI is InChI=1S/C14H28N2O2S2/c1-13(2,3)19(17)15-11-9-7-8-10-12-16-20(18)14(4,5)6/h11-12H,7-10H2,1-6H3/b15-11+,16-12+. The second-order valence-electron chi connectivity index (χ2n) is 6.58. The minimum Gasteiger partial charge on any atom is -0.234 e. The molecule has 0 N–H and O–H groups in total. The fraction of sp³-hybridized carbons (Fsp3) is 0.857. The van der Waals surface area contributed by atoms with Gasteiger partial charge < -0.3 is 0 Å². The second kappa shape index (κ2) is 8.82. The van der Waals surface area contributed by atoms with Crippen LogP contribution in [0.2, 0.25) is 0 Å². The molecule has 0 saturated carbocycles. The van der Waals surface area contributed by atoms with E-state index in [9.17, 15) is 8.42 Å². The first-order chi connectivity index (χ1) is 9.05. The van der Waals surface area contributed by atoms with Gasteiger partial charge >= 0.3 is 0 Å². The predicted octanol–water partition coefficient (Wildman–Crippen LogP) is 3.61. The summed E-state index contributed by atoms with van der Waals surface area (Å²) in [5.74, 6) is 0. The maximum Gasteiger partial charge on any atom is 0.144 e. The summed E-state index contributed by atoms with van der Waals surface area (Å²) in [4.78, 5) is 0. The van der Waals surface area contributed by atoms with Crippen LogP contribution in [-0.4, -0.2) is 30.3 Å². The van der Waals surface area contributed by atoms with Crippen LogP contribution in [0.25, 0.3) is 0 Å². The Bertz CT molecular complexity index is 353. The van der Waals surface area contributed by atoms with E-state index in [1.807, 2.05) is 41.5 Å². The van der Waals surface area contributed by atoms with Crippen LogP contribution in [0, 0.1) is 0 Å². The van der Waals surface area contributed by atoms with Crippen LogP contribution in [0.5, 0.6) is 0 Å². The van der Waals surface area contributed by atoms with Gasteiger partial charge in [0.1, 0.15) is 22.0 Å². The molecule has 0 aliphatic carbocycles. The van der Waals surface area contributed by atoms with Crippen molar-refractivity contribution in [3.63, 3.8) is 0 Å². The fourth-order valence-corrected chi connectivity index (χ4v) is 2.14. The van der Waals surface area contributed by atoms with Crippen LogP contribution in [0.3, 0.4) is 0 Å². The van der Waals surface area contributed by atoms with Gasteiger partial charge in [-0.1, -0.05) is 0 Å². The van der Waals surface area contributed by atoms with Crippen LogP contribution >= 0.6 is 0 Å². The highest BCUT2D eigenvalue weighted by molar-refractivity contribution is 7.85. The Morgan fingerprint density at radius 2 is 1.05 bits per heavy atom. The van der Waals surface area contributed by atoms with E-state index in [-0.39, 0.29) is 9.49 Å². The molecule has 0 amide bonds. The van der Waals surface area contributed by atoms with Gasteiger partial charge in [-0.3, -0.25) is 0 Å². The highest BCUT2D eigenvalue weighted by Crippen LogP contribution is 2.12. The van der Waals surface area contributed by atoms with Crippen molar-refractivity contribution < 1.29 is 8.42 Å². The molecule has 0 aromatic heterocycles. The molecule has 4 nitrogen and oxygen atoms in total. The number of hydrogen-bond acceptors (Lipinski definition) is 2. The van der Waals surface area contributed by atoms with Gasteiger partial charge in [-0.15, -0.1) is 0 Å². The molecular weight excluding hydrogens is 292 g/mol. The minimum atomic E-state index is -1.16. The number of nitrogens with zero attached hydrogens (tertiary/aromatic N) is 2. The Kier molecular flexibility index (Phi) is 8.66. The molecule has 0 radical (unpaired) electrons. The highest BCUT2D eigenvalue weighted by Gasteiger charge is 2.18. The molecule has 2 atom stereocenters. The molecule has 0 rings (SSSR count). The number of hydrogen-bond donors (Lipinski definition) is 0. The van der Waals surface area contributed by atoms with E-state index in [2.05, 4.69) is 8.80 Å². The van der Waals surface area contributed by atoms with Crippen LogP contribution < -0.4 is 0 Å². The first-order valence-corrected chi connectivity index (χ1v) is 9.15. The van der Waals surface area contributed by atoms with Crippen molar-refractivity contribution in [2.75, 3.05) is 0 Å². The molecule has 0 aliphatic rings. The Morgan fingerprint density at radius 3 is 1.30 bits per heavy atom. The molecular formula is C14H28N2O2S2. The third-order valence-corrected chi connectivity index (χ3v) is 5.08. The zero-order valence-corrected chi connectivity index (χ0v) is 15.1. The predicted molar refractivity (Wildman–Crippen MR) is 91.2 cm³/mol. The third-order valence-electron chi connectivity index (χ3n) is 2.30. The quantitative estimate of drug-likeness (QED) is 0.531. The van der Waals surface area contributed by atoms with Crippen LogP contribution in [0.4, 0.5) is 0 Å². The lowest BCUT2D eigenvalue weighted by Gasteiger charge is -2.12. The first-order valence-electron chi connectivity index (χ1n) is 6.94. The Balaban J connectivity index is 3.80. The topological polar surface area (TPSA) is 58.9 Å². The maximum atomic E-state index is 11.6. The fourth-order valence-electron chi connectivity index (χ4n) is 1.03. The molecule has 0 bridgehead atoms. The van der Waals surface area contributed by atoms with Crippen molar-refractivity contribution in [2.24, 2.45) is 8.80 Å². The summed E-state index contributed by atoms with van der Waals surface area (Å²) in [7, 11) is -2.32. The van der Waals surface area contributed by atoms with Gasteiger partial charge in [0.2, 0.25) is 0 Å². The summed E-state index contributed by atoms with van der Waals surface area (Å²) in [6, 6.07) is 0. The van der Waals surface area contributed by atoms with Crippen molar-refractivity contribution in [1.82, 2.24) is 0 Å². The molecule has 0 heterocycles. The Labute approximate surface area is 128 Å². The second-order valence-corrected chi connectivity index (χ2v) is 10.5. The van der Waals surface area contributed by atoms with Crippen molar-refractivity contribution in [3.05, 3.63) is 0 Å². The van der Waals surface area contributed by atoms with Gasteiger partial charge in [0.25, 0.3) is 0 Å². The molecule has 0 aromatic carbocycles. The average Bonchev–Trinajstić information content (AvgIpc) is 2.29. The lowest BCUT2D eigenvalue weighted by molar-refractivity contribution is 0.650. The molecule has 118 valence electrons. The molecule has 0 fully saturated rings. The summed E-state index contributed by atoms with van der Waals surface area (Å²) in [5, 5.41) is 0. The van der Waals surface area contributed by atoms with Gasteiger partial charge in [-0.05, 0) is 67.2 Å². The average molecular weight is 321 g/mol. The van der Waals surface area contributed by atoms with Crippen LogP contribution in [0.1, 0.15) is 67.2 Å². The van der Waals surface area contributed by atoms with E-state index in [1.165, 1.54) is 0 Å². The van der Waals surface area contributed by atoms with E-state index in [0.29, 0.717) is 0 Å². The summed E-state index contributed by atoms with van der Waals surface area (Å²) in [6.07, 6.45) is 7.06. The molecule has 0 spiro atoms. The van der Waals surface area contributed by atoms with E-state index < -0.39 is 22.0 Å². The first kappa shape index (κ1) is 19.6. The smallest absolute Gasteiger partial charge is 0.144 e. The molecule has 20 heavy (non-hydrogen) atoms. The third kappa shape index (κ3) is 9.53. The maximum absolute atomic E-state index is 11.6. The molecule has 0 saturated heterocycles. The molecule has 0 aliphatic heterocycles. The number of rotatable bonds is 7. The normalized spacial score (nSPS) is 16.9. The van der Waals surface area contributed by atoms with Gasteiger partial charge in [0, 0.05) is 12.4 Å². The van der Waals surface area contributed by atoms with E-state index in [0.717, 1.165) is 25.7 Å². The van der Waals surface area contributed by atoms with Crippen molar-refractivity contribution in [1.29, 1.82) is 0 Å². The van der Waals surface area contributed by atoms with Crippen LogP contribution in [-0.2, 0) is 22.0 Å². The molecule has 0 aromatic rings. The largest absolute Gasteiger partial charge is 0.234 e. The van der Waals surface area contributed by atoms with Gasteiger partial charge in [0.05, 0.1) is 9.49 Å². The summed E-state index contributed by atoms with van der Waals surface area (Å²) < 4.78 is 30.7. The molecule has 2 unspecified atom stereocenters. The summed E-state index contributed by atoms with van der Waals surface area (Å²) in [6.45, 7) is 11.5. The van der Waals surface area contributed by atoms with Crippen molar-refractivity contribution in [2.45, 2.75) is 76.7 Å². The monoisotopic (exact) mass is 320 g/mol. The minimum absolute atomic E-state index is 0.291. The zero-order chi connectivity index (χ0) is 15.8. The Morgan fingerprint density at radius 1 is 0.750 bits per heavy atom. The SMILES string of the molecule is CC(C)(C)S(=O)/N=C/CCCC/C=N/S(=O)C(C)(C)C. The number of unbranched alkanes of at least 4 members (excludes halogenated alkanes) is 3. The van der Waals surface area contributed by atoms with E-state index in [4.69, 9.17) is 0 Å². The van der Waals surface area contributed by atoms with Crippen molar-refractivity contribution in [3.8, 4) is 0 Å². The highest BCUT2D eigenvalue weighted by atomic mass is 32.2. The van der Waals surface area contributed by atoms with E-state index in [1.54, 1.807) is 12.4 Å². The van der Waals surface area contributed by atoms with Gasteiger partial charge in [-0.25, -0.2) is 8.42 Å². The summed E-state index contributed by atoms with van der Waals surface area (Å²) >= 11 is 0. The lowest BCUT2D eigenvalue weighted by atomic mass is 10.2. The van der Waals surface area contributed by atoms with Crippen molar-refractivity contribution >= 4 is 34.4 Å². The lowest BCUT2D eigenvalue weighted by Crippen LogP contribution is -2.19. The summed E-state index contributed by atoms with van der Waals surface area (Å²) in [5.41, 5.74) is 0. The van der Waals surface area contributed by atoms with Crippen LogP contribution in [0.15, 0.2) is 8.80 Å². The molecule has 6 heteroatoms.